The molecule has 0 saturated carbocycles. The first-order chi connectivity index (χ1) is 14.9. The van der Waals surface area contributed by atoms with E-state index in [2.05, 4.69) is 9.98 Å². The lowest BCUT2D eigenvalue weighted by Gasteiger charge is -2.24. The van der Waals surface area contributed by atoms with Crippen molar-refractivity contribution in [3.8, 4) is 23.0 Å². The van der Waals surface area contributed by atoms with Crippen molar-refractivity contribution in [2.45, 2.75) is 0 Å². The predicted octanol–water partition coefficient (Wildman–Crippen LogP) is 3.52. The summed E-state index contributed by atoms with van der Waals surface area (Å²) in [7, 11) is 15.2. The number of rotatable bonds is 8. The smallest absolute Gasteiger partial charge is 0.167 e. The molecule has 0 atom stereocenters. The molecule has 2 aromatic rings. The van der Waals surface area contributed by atoms with Gasteiger partial charge in [-0.3, -0.25) is 19.0 Å². The first kappa shape index (κ1) is 24.9. The van der Waals surface area contributed by atoms with Gasteiger partial charge in [0, 0.05) is 60.2 Å². The number of nitrogens with zero attached hydrogens (tertiary/aromatic N) is 4. The van der Waals surface area contributed by atoms with E-state index in [1.165, 1.54) is 26.6 Å². The van der Waals surface area contributed by atoms with Gasteiger partial charge >= 0.3 is 0 Å². The van der Waals surface area contributed by atoms with Crippen LogP contribution in [-0.2, 0) is 0 Å². The fourth-order valence-electron chi connectivity index (χ4n) is 2.83. The monoisotopic (exact) mass is 442 g/mol. The van der Waals surface area contributed by atoms with Gasteiger partial charge in [0.25, 0.3) is 0 Å². The Bertz CT molecular complexity index is 962. The van der Waals surface area contributed by atoms with Gasteiger partial charge in [-0.05, 0) is 0 Å². The summed E-state index contributed by atoms with van der Waals surface area (Å²) >= 11 is 0. The standard InChI is InChI=1S/C24H32N4O4/c1-27(2,3)19-11-17(23(29)21(13-19)31-7)15-25-9-10-26-16-18-12-20(28(4,5)6)14-22(32-8)24(18)30/h9-16H,1-8H3/p+2. The largest absolute Gasteiger partial charge is 0.504 e. The van der Waals surface area contributed by atoms with Crippen LogP contribution in [0.2, 0.25) is 0 Å². The first-order valence-electron chi connectivity index (χ1n) is 10.1. The lowest BCUT2D eigenvalue weighted by atomic mass is 10.1. The third-order valence-electron chi connectivity index (χ3n) is 4.83. The van der Waals surface area contributed by atoms with Crippen LogP contribution in [-0.4, -0.2) is 79.1 Å². The Balaban J connectivity index is 2.25. The van der Waals surface area contributed by atoms with Gasteiger partial charge in [0.2, 0.25) is 0 Å². The Morgan fingerprint density at radius 3 is 1.28 bits per heavy atom. The number of ether oxygens (including phenoxy) is 2. The fourth-order valence-corrected chi connectivity index (χ4v) is 2.83. The highest BCUT2D eigenvalue weighted by molar-refractivity contribution is 5.88. The Morgan fingerprint density at radius 1 is 0.656 bits per heavy atom. The molecule has 32 heavy (non-hydrogen) atoms. The Labute approximate surface area is 190 Å². The van der Waals surface area contributed by atoms with Crippen LogP contribution in [0.15, 0.2) is 46.7 Å². The number of aromatic hydroxyl groups is 2. The molecule has 0 unspecified atom stereocenters. The zero-order chi connectivity index (χ0) is 24.1. The molecule has 2 N–H and O–H groups in total. The minimum atomic E-state index is 0.0273. The topological polar surface area (TPSA) is 83.6 Å². The molecule has 0 aliphatic rings. The first-order valence-corrected chi connectivity index (χ1v) is 10.1. The van der Waals surface area contributed by atoms with Crippen LogP contribution in [0, 0.1) is 0 Å². The van der Waals surface area contributed by atoms with Gasteiger partial charge in [-0.25, -0.2) is 0 Å². The molecular weight excluding hydrogens is 408 g/mol. The molecule has 0 radical (unpaired) electrons. The summed E-state index contributed by atoms with van der Waals surface area (Å²) in [5.74, 6) is 0.833. The van der Waals surface area contributed by atoms with E-state index >= 15 is 0 Å². The Kier molecular flexibility index (Phi) is 7.66. The second-order valence-electron chi connectivity index (χ2n) is 9.05. The highest BCUT2D eigenvalue weighted by Gasteiger charge is 2.19. The van der Waals surface area contributed by atoms with Gasteiger partial charge in [0.15, 0.2) is 23.0 Å². The number of phenolic OH excluding ortho intramolecular Hbond substituents is 2. The number of hydrogen-bond donors (Lipinski definition) is 2. The number of benzene rings is 2. The summed E-state index contributed by atoms with van der Waals surface area (Å²) in [6, 6.07) is 7.33. The summed E-state index contributed by atoms with van der Waals surface area (Å²) < 4.78 is 11.7. The van der Waals surface area contributed by atoms with E-state index in [1.807, 2.05) is 54.4 Å². The van der Waals surface area contributed by atoms with Gasteiger partial charge in [-0.1, -0.05) is 0 Å². The maximum absolute atomic E-state index is 10.4. The molecule has 0 aliphatic carbocycles. The van der Waals surface area contributed by atoms with Crippen LogP contribution >= 0.6 is 0 Å². The van der Waals surface area contributed by atoms with Gasteiger partial charge < -0.3 is 19.7 Å². The average Bonchev–Trinajstić information content (AvgIpc) is 2.70. The van der Waals surface area contributed by atoms with Crippen molar-refractivity contribution in [3.05, 3.63) is 47.8 Å². The zero-order valence-corrected chi connectivity index (χ0v) is 20.1. The fraction of sp³-hybridized carbons (Fsp3) is 0.333. The Hall–Kier alpha value is -3.36. The highest BCUT2D eigenvalue weighted by atomic mass is 16.5. The third-order valence-corrected chi connectivity index (χ3v) is 4.83. The molecular formula is C24H34N4O4+2. The van der Waals surface area contributed by atoms with Gasteiger partial charge in [0.1, 0.15) is 11.4 Å². The van der Waals surface area contributed by atoms with E-state index in [0.29, 0.717) is 31.6 Å². The van der Waals surface area contributed by atoms with Crippen molar-refractivity contribution in [3.63, 3.8) is 0 Å². The van der Waals surface area contributed by atoms with Crippen LogP contribution in [0.3, 0.4) is 0 Å². The lowest BCUT2D eigenvalue weighted by Crippen LogP contribution is -2.34. The number of quaternary nitrogens is 2. The second kappa shape index (κ2) is 9.84. The van der Waals surface area contributed by atoms with Gasteiger partial charge in [0.05, 0.1) is 56.5 Å². The SMILES string of the molecule is COc1cc([N+](C)(C)C)cc(C=NC=CN=Cc2cc([N+](C)(C)C)cc(OC)c2O)c1O. The molecule has 2 aromatic carbocycles. The summed E-state index contributed by atoms with van der Waals surface area (Å²) in [5.41, 5.74) is 3.01. The van der Waals surface area contributed by atoms with Crippen LogP contribution in [0.5, 0.6) is 23.0 Å². The summed E-state index contributed by atoms with van der Waals surface area (Å²) in [6.45, 7) is 0. The number of phenols is 2. The van der Waals surface area contributed by atoms with Crippen LogP contribution in [0.4, 0.5) is 11.4 Å². The maximum Gasteiger partial charge on any atom is 0.167 e. The molecule has 0 saturated heterocycles. The molecule has 172 valence electrons. The highest BCUT2D eigenvalue weighted by Crippen LogP contribution is 2.36. The minimum absolute atomic E-state index is 0.0273. The molecule has 0 aromatic heterocycles. The summed E-state index contributed by atoms with van der Waals surface area (Å²) in [6.07, 6.45) is 6.08. The van der Waals surface area contributed by atoms with Gasteiger partial charge in [-0.15, -0.1) is 0 Å². The van der Waals surface area contributed by atoms with Crippen molar-refractivity contribution in [1.82, 2.24) is 8.97 Å². The van der Waals surface area contributed by atoms with Crippen molar-refractivity contribution in [2.24, 2.45) is 9.98 Å². The van der Waals surface area contributed by atoms with Crippen molar-refractivity contribution in [1.29, 1.82) is 0 Å². The number of aliphatic imine (C=N–C) groups is 2. The zero-order valence-electron chi connectivity index (χ0n) is 20.1. The van der Waals surface area contributed by atoms with Crippen LogP contribution < -0.4 is 18.4 Å². The molecule has 8 heteroatoms. The van der Waals surface area contributed by atoms with Crippen molar-refractivity contribution >= 4 is 23.8 Å². The summed E-state index contributed by atoms with van der Waals surface area (Å²) in [5, 5.41) is 20.8. The molecule has 0 bridgehead atoms. The molecule has 0 fully saturated rings. The summed E-state index contributed by atoms with van der Waals surface area (Å²) in [4.78, 5) is 8.43. The van der Waals surface area contributed by atoms with E-state index in [4.69, 9.17) is 9.47 Å². The second-order valence-corrected chi connectivity index (χ2v) is 9.05. The molecule has 2 rings (SSSR count). The molecule has 0 spiro atoms. The van der Waals surface area contributed by atoms with E-state index < -0.39 is 0 Å². The van der Waals surface area contributed by atoms with Crippen LogP contribution in [0.25, 0.3) is 0 Å². The van der Waals surface area contributed by atoms with Crippen molar-refractivity contribution < 1.29 is 19.7 Å². The molecule has 0 aliphatic heterocycles. The van der Waals surface area contributed by atoms with Crippen LogP contribution in [0.1, 0.15) is 11.1 Å². The Morgan fingerprint density at radius 2 is 1.00 bits per heavy atom. The molecule has 8 nitrogen and oxygen atoms in total. The minimum Gasteiger partial charge on any atom is -0.504 e. The molecule has 0 amide bonds. The number of hydrogen-bond acceptors (Lipinski definition) is 6. The third kappa shape index (κ3) is 6.09. The van der Waals surface area contributed by atoms with E-state index in [1.54, 1.807) is 24.6 Å². The van der Waals surface area contributed by atoms with E-state index in [9.17, 15) is 10.2 Å². The normalized spacial score (nSPS) is 12.9. The van der Waals surface area contributed by atoms with E-state index in [-0.39, 0.29) is 11.5 Å². The lowest BCUT2D eigenvalue weighted by molar-refractivity contribution is 0.370. The average molecular weight is 443 g/mol. The maximum atomic E-state index is 10.4. The quantitative estimate of drug-likeness (QED) is 0.484. The van der Waals surface area contributed by atoms with Crippen molar-refractivity contribution in [2.75, 3.05) is 56.5 Å². The molecule has 0 heterocycles. The van der Waals surface area contributed by atoms with Gasteiger partial charge in [-0.2, -0.15) is 0 Å². The predicted molar refractivity (Wildman–Crippen MR) is 133 cm³/mol. The van der Waals surface area contributed by atoms with E-state index in [0.717, 1.165) is 11.4 Å². The number of methoxy groups -OCH3 is 2.